The zero-order chi connectivity index (χ0) is 35.1. The minimum absolute atomic E-state index is 0.0401. The summed E-state index contributed by atoms with van der Waals surface area (Å²) in [5, 5.41) is 4.57. The highest BCUT2D eigenvalue weighted by atomic mass is 79.9. The van der Waals surface area contributed by atoms with Gasteiger partial charge in [-0.05, 0) is 63.8 Å². The SMILES string of the molecule is CCCCOc1cn(COCC[Si](C)(C)C)nc(-c2ncc(Br)n2C[C@H](OS(C)(=O)=O)C(c2ccc(F)cc2)c2ccc(F)cc2)c1=O. The van der Waals surface area contributed by atoms with E-state index in [2.05, 4.69) is 45.7 Å². The molecule has 4 aromatic rings. The molecule has 4 rings (SSSR count). The van der Waals surface area contributed by atoms with Crippen molar-refractivity contribution in [3.63, 3.8) is 0 Å². The van der Waals surface area contributed by atoms with Gasteiger partial charge in [-0.2, -0.15) is 13.5 Å². The number of rotatable bonds is 17. The van der Waals surface area contributed by atoms with Gasteiger partial charge in [0.1, 0.15) is 29.1 Å². The lowest BCUT2D eigenvalue weighted by atomic mass is 9.86. The minimum atomic E-state index is -4.06. The first kappa shape index (κ1) is 37.6. The van der Waals surface area contributed by atoms with Crippen molar-refractivity contribution >= 4 is 34.1 Å². The van der Waals surface area contributed by atoms with Crippen LogP contribution in [0.1, 0.15) is 36.8 Å². The number of imidazole rings is 1. The lowest BCUT2D eigenvalue weighted by molar-refractivity contribution is 0.0767. The highest BCUT2D eigenvalue weighted by Crippen LogP contribution is 2.34. The van der Waals surface area contributed by atoms with Crippen molar-refractivity contribution in [2.75, 3.05) is 19.5 Å². The lowest BCUT2D eigenvalue weighted by Gasteiger charge is -2.28. The highest BCUT2D eigenvalue weighted by molar-refractivity contribution is 9.10. The Morgan fingerprint density at radius 1 is 0.979 bits per heavy atom. The highest BCUT2D eigenvalue weighted by Gasteiger charge is 2.32. The zero-order valence-corrected chi connectivity index (χ0v) is 31.1. The summed E-state index contributed by atoms with van der Waals surface area (Å²) in [6.45, 7) is 9.54. The molecule has 0 N–H and O–H groups in total. The summed E-state index contributed by atoms with van der Waals surface area (Å²) < 4.78 is 74.2. The van der Waals surface area contributed by atoms with E-state index in [1.807, 2.05) is 6.92 Å². The molecule has 0 radical (unpaired) electrons. The van der Waals surface area contributed by atoms with Crippen LogP contribution < -0.4 is 10.2 Å². The van der Waals surface area contributed by atoms with E-state index in [-0.39, 0.29) is 30.5 Å². The maximum absolute atomic E-state index is 14.0. The van der Waals surface area contributed by atoms with E-state index in [9.17, 15) is 22.0 Å². The fraction of sp³-hybridized carbons (Fsp3) is 0.424. The van der Waals surface area contributed by atoms with Crippen LogP contribution in [0.3, 0.4) is 0 Å². The summed E-state index contributed by atoms with van der Waals surface area (Å²) in [5.41, 5.74) is 0.508. The molecular formula is C33H41BrF2N4O6SSi. The maximum Gasteiger partial charge on any atom is 0.264 e. The Hall–Kier alpha value is -3.24. The monoisotopic (exact) mass is 766 g/mol. The number of halogens is 3. The Labute approximate surface area is 289 Å². The first-order valence-corrected chi connectivity index (χ1v) is 21.9. The van der Waals surface area contributed by atoms with E-state index in [0.717, 1.165) is 25.1 Å². The second-order valence-electron chi connectivity index (χ2n) is 12.7. The van der Waals surface area contributed by atoms with Gasteiger partial charge in [0.05, 0.1) is 31.8 Å². The molecule has 0 bridgehead atoms. The molecule has 15 heteroatoms. The number of hydrogen-bond acceptors (Lipinski definition) is 8. The Morgan fingerprint density at radius 2 is 1.58 bits per heavy atom. The average Bonchev–Trinajstić information content (AvgIpc) is 3.36. The summed E-state index contributed by atoms with van der Waals surface area (Å²) in [6, 6.07) is 12.0. The third-order valence-electron chi connectivity index (χ3n) is 7.42. The van der Waals surface area contributed by atoms with Crippen molar-refractivity contribution in [1.29, 1.82) is 0 Å². The summed E-state index contributed by atoms with van der Waals surface area (Å²) in [5.74, 6) is -1.57. The van der Waals surface area contributed by atoms with Gasteiger partial charge in [0, 0.05) is 20.6 Å². The van der Waals surface area contributed by atoms with E-state index in [0.29, 0.717) is 28.9 Å². The van der Waals surface area contributed by atoms with Gasteiger partial charge in [-0.1, -0.05) is 57.3 Å². The fourth-order valence-electron chi connectivity index (χ4n) is 4.97. The molecule has 2 heterocycles. The quantitative estimate of drug-likeness (QED) is 0.0654. The van der Waals surface area contributed by atoms with Crippen LogP contribution in [0.4, 0.5) is 8.78 Å². The van der Waals surface area contributed by atoms with Gasteiger partial charge in [0.2, 0.25) is 0 Å². The molecule has 260 valence electrons. The van der Waals surface area contributed by atoms with E-state index >= 15 is 0 Å². The molecular weight excluding hydrogens is 726 g/mol. The van der Waals surface area contributed by atoms with Crippen molar-refractivity contribution in [1.82, 2.24) is 19.3 Å². The smallest absolute Gasteiger partial charge is 0.264 e. The van der Waals surface area contributed by atoms with Crippen LogP contribution in [-0.2, 0) is 32.3 Å². The largest absolute Gasteiger partial charge is 0.488 e. The van der Waals surface area contributed by atoms with Gasteiger partial charge in [0.25, 0.3) is 15.5 Å². The van der Waals surface area contributed by atoms with Crippen molar-refractivity contribution in [3.05, 3.63) is 98.5 Å². The topological polar surface area (TPSA) is 115 Å². The number of ether oxygens (including phenoxy) is 2. The molecule has 0 unspecified atom stereocenters. The Kier molecular flexibility index (Phi) is 12.9. The van der Waals surface area contributed by atoms with Crippen LogP contribution in [0.25, 0.3) is 11.5 Å². The third kappa shape index (κ3) is 10.6. The lowest BCUT2D eigenvalue weighted by Crippen LogP contribution is -2.31. The number of unbranched alkanes of at least 4 members (excludes halogenated alkanes) is 1. The molecule has 0 spiro atoms. The van der Waals surface area contributed by atoms with Gasteiger partial charge in [0.15, 0.2) is 17.3 Å². The summed E-state index contributed by atoms with van der Waals surface area (Å²) in [7, 11) is -5.41. The molecule has 2 aromatic heterocycles. The van der Waals surface area contributed by atoms with Crippen LogP contribution in [0.5, 0.6) is 5.75 Å². The normalized spacial score (nSPS) is 12.9. The molecule has 0 aliphatic heterocycles. The van der Waals surface area contributed by atoms with Crippen LogP contribution in [0.2, 0.25) is 25.7 Å². The molecule has 1 atom stereocenters. The summed E-state index contributed by atoms with van der Waals surface area (Å²) in [6.07, 6.45) is 4.36. The van der Waals surface area contributed by atoms with Crippen LogP contribution in [-0.4, -0.2) is 61.4 Å². The molecule has 0 fully saturated rings. The van der Waals surface area contributed by atoms with E-state index < -0.39 is 47.3 Å². The molecule has 0 saturated heterocycles. The van der Waals surface area contributed by atoms with Gasteiger partial charge < -0.3 is 14.0 Å². The van der Waals surface area contributed by atoms with Gasteiger partial charge >= 0.3 is 0 Å². The maximum atomic E-state index is 14.0. The van der Waals surface area contributed by atoms with Crippen molar-refractivity contribution < 1.29 is 30.9 Å². The van der Waals surface area contributed by atoms with Crippen LogP contribution in [0, 0.1) is 11.6 Å². The van der Waals surface area contributed by atoms with Gasteiger partial charge in [-0.15, -0.1) is 0 Å². The molecule has 2 aromatic carbocycles. The fourth-order valence-corrected chi connectivity index (χ4v) is 6.76. The number of aromatic nitrogens is 4. The second kappa shape index (κ2) is 16.4. The standard InChI is InChI=1S/C33H41BrF2N4O6SSi/c1-6-7-16-45-28-20-39(22-44-17-18-48(3,4)5)38-31(32(28)41)33-37-19-29(34)40(33)21-27(46-47(2,42)43)30(23-8-12-25(35)13-9-23)24-10-14-26(36)15-11-24/h8-15,19-20,27,30H,6-7,16-18,21-22H2,1-5H3/t27-/m0/s1. The molecule has 0 aliphatic carbocycles. The summed E-state index contributed by atoms with van der Waals surface area (Å²) in [4.78, 5) is 18.3. The number of hydrogen-bond donors (Lipinski definition) is 0. The van der Waals surface area contributed by atoms with Gasteiger partial charge in [-0.3, -0.25) is 8.98 Å². The number of nitrogens with zero attached hydrogens (tertiary/aromatic N) is 4. The first-order chi connectivity index (χ1) is 22.6. The molecule has 10 nitrogen and oxygen atoms in total. The van der Waals surface area contributed by atoms with E-state index in [1.165, 1.54) is 65.6 Å². The van der Waals surface area contributed by atoms with Crippen LogP contribution in [0.15, 0.2) is 70.3 Å². The Bertz CT molecular complexity index is 1790. The second-order valence-corrected chi connectivity index (χ2v) is 20.7. The predicted octanol–water partition coefficient (Wildman–Crippen LogP) is 6.82. The zero-order valence-electron chi connectivity index (χ0n) is 27.7. The van der Waals surface area contributed by atoms with Gasteiger partial charge in [-0.25, -0.2) is 18.4 Å². The van der Waals surface area contributed by atoms with Crippen molar-refractivity contribution in [3.8, 4) is 17.3 Å². The Morgan fingerprint density at radius 3 is 2.12 bits per heavy atom. The van der Waals surface area contributed by atoms with E-state index in [4.69, 9.17) is 13.7 Å². The average molecular weight is 768 g/mol. The molecule has 0 aliphatic rings. The first-order valence-electron chi connectivity index (χ1n) is 15.6. The number of benzene rings is 2. The van der Waals surface area contributed by atoms with E-state index in [1.54, 1.807) is 4.57 Å². The predicted molar refractivity (Wildman–Crippen MR) is 186 cm³/mol. The third-order valence-corrected chi connectivity index (χ3v) is 10.4. The molecule has 48 heavy (non-hydrogen) atoms. The van der Waals surface area contributed by atoms with Crippen LogP contribution >= 0.6 is 15.9 Å². The van der Waals surface area contributed by atoms with Crippen molar-refractivity contribution in [2.45, 2.75) is 70.7 Å². The molecule has 0 amide bonds. The minimum Gasteiger partial charge on any atom is -0.488 e. The summed E-state index contributed by atoms with van der Waals surface area (Å²) >= 11 is 3.49. The van der Waals surface area contributed by atoms with Crippen molar-refractivity contribution in [2.24, 2.45) is 0 Å². The Balaban J connectivity index is 1.81. The molecule has 0 saturated carbocycles.